The molecule has 0 aromatic carbocycles. The molecule has 0 saturated carbocycles. The Hall–Kier alpha value is -2.98. The summed E-state index contributed by atoms with van der Waals surface area (Å²) in [6.45, 7) is 7.54. The molecular weight excluding hydrogens is 486 g/mol. The molecule has 4 heterocycles. The van der Waals surface area contributed by atoms with Crippen molar-refractivity contribution in [2.75, 3.05) is 42.9 Å². The first-order valence-corrected chi connectivity index (χ1v) is 11.9. The predicted molar refractivity (Wildman–Crippen MR) is 133 cm³/mol. The maximum Gasteiger partial charge on any atom is 0.257 e. The number of nitrogens with one attached hydrogen (secondary N) is 3. The van der Waals surface area contributed by atoms with E-state index < -0.39 is 0 Å². The SMILES string of the molecule is CC(C)NCCC(=O)N1CCN(c2c(Br)cnc3[nH]cc(NC(=O)c4cccnc4)c23)CC1. The van der Waals surface area contributed by atoms with Gasteiger partial charge in [-0.2, -0.15) is 0 Å². The Balaban J connectivity index is 1.50. The number of pyridine rings is 2. The quantitative estimate of drug-likeness (QED) is 0.448. The van der Waals surface area contributed by atoms with Gasteiger partial charge in [-0.15, -0.1) is 0 Å². The second-order valence-electron chi connectivity index (χ2n) is 8.30. The van der Waals surface area contributed by atoms with E-state index in [2.05, 4.69) is 60.3 Å². The Bertz CT molecular complexity index is 1120. The average Bonchev–Trinajstić information content (AvgIpc) is 3.22. The van der Waals surface area contributed by atoms with Crippen LogP contribution in [0.1, 0.15) is 30.6 Å². The summed E-state index contributed by atoms with van der Waals surface area (Å²) in [6, 6.07) is 3.82. The average molecular weight is 514 g/mol. The molecule has 1 aliphatic heterocycles. The molecule has 10 heteroatoms. The number of halogens is 1. The van der Waals surface area contributed by atoms with Gasteiger partial charge in [0.1, 0.15) is 5.65 Å². The normalized spacial score (nSPS) is 14.2. The lowest BCUT2D eigenvalue weighted by molar-refractivity contribution is -0.131. The van der Waals surface area contributed by atoms with E-state index in [1.165, 1.54) is 6.20 Å². The Kier molecular flexibility index (Phi) is 7.24. The third-order valence-electron chi connectivity index (χ3n) is 5.64. The van der Waals surface area contributed by atoms with Gasteiger partial charge in [0, 0.05) is 70.0 Å². The smallest absolute Gasteiger partial charge is 0.257 e. The molecule has 3 N–H and O–H groups in total. The molecule has 0 atom stereocenters. The van der Waals surface area contributed by atoms with E-state index in [-0.39, 0.29) is 11.8 Å². The van der Waals surface area contributed by atoms with E-state index in [9.17, 15) is 9.59 Å². The minimum absolute atomic E-state index is 0.174. The second kappa shape index (κ2) is 10.3. The summed E-state index contributed by atoms with van der Waals surface area (Å²) in [5, 5.41) is 7.11. The van der Waals surface area contributed by atoms with Crippen molar-refractivity contribution in [1.29, 1.82) is 0 Å². The molecule has 0 spiro atoms. The van der Waals surface area contributed by atoms with Gasteiger partial charge in [-0.1, -0.05) is 13.8 Å². The zero-order chi connectivity index (χ0) is 23.4. The van der Waals surface area contributed by atoms with E-state index in [4.69, 9.17) is 0 Å². The molecule has 2 amide bonds. The Morgan fingerprint density at radius 3 is 2.70 bits per heavy atom. The third kappa shape index (κ3) is 5.33. The number of carbonyl (C=O) groups is 2. The predicted octanol–water partition coefficient (Wildman–Crippen LogP) is 3.01. The number of aromatic nitrogens is 3. The van der Waals surface area contributed by atoms with Gasteiger partial charge in [-0.05, 0) is 28.1 Å². The van der Waals surface area contributed by atoms with Crippen molar-refractivity contribution < 1.29 is 9.59 Å². The van der Waals surface area contributed by atoms with Crippen LogP contribution in [0.5, 0.6) is 0 Å². The summed E-state index contributed by atoms with van der Waals surface area (Å²) >= 11 is 3.65. The molecule has 4 rings (SSSR count). The monoisotopic (exact) mass is 513 g/mol. The number of hydrogen-bond donors (Lipinski definition) is 3. The van der Waals surface area contributed by atoms with E-state index in [1.54, 1.807) is 30.7 Å². The summed E-state index contributed by atoms with van der Waals surface area (Å²) in [7, 11) is 0. The molecule has 0 radical (unpaired) electrons. The molecule has 9 nitrogen and oxygen atoms in total. The number of anilines is 2. The van der Waals surface area contributed by atoms with Crippen LogP contribution in [-0.2, 0) is 4.79 Å². The third-order valence-corrected chi connectivity index (χ3v) is 6.22. The minimum Gasteiger partial charge on any atom is -0.366 e. The molecule has 0 unspecified atom stereocenters. The van der Waals surface area contributed by atoms with Gasteiger partial charge >= 0.3 is 0 Å². The first-order chi connectivity index (χ1) is 15.9. The standard InChI is InChI=1S/C23H28BrN7O2/c1-15(2)26-7-5-19(32)30-8-10-31(11-9-30)21-17(24)13-27-22-20(21)18(14-28-22)29-23(33)16-4-3-6-25-12-16/h3-4,6,12-15,26H,5,7-11H2,1-2H3,(H,27,28)(H,29,33). The highest BCUT2D eigenvalue weighted by molar-refractivity contribution is 9.10. The molecule has 0 bridgehead atoms. The summed E-state index contributed by atoms with van der Waals surface area (Å²) < 4.78 is 0.840. The van der Waals surface area contributed by atoms with Crippen LogP contribution in [0.4, 0.5) is 11.4 Å². The van der Waals surface area contributed by atoms with Crippen LogP contribution >= 0.6 is 15.9 Å². The van der Waals surface area contributed by atoms with Crippen molar-refractivity contribution in [3.63, 3.8) is 0 Å². The van der Waals surface area contributed by atoms with Crippen molar-refractivity contribution in [3.8, 4) is 0 Å². The van der Waals surface area contributed by atoms with Crippen LogP contribution < -0.4 is 15.5 Å². The van der Waals surface area contributed by atoms with Gasteiger partial charge < -0.3 is 25.4 Å². The molecule has 1 saturated heterocycles. The van der Waals surface area contributed by atoms with Crippen LogP contribution in [0.15, 0.2) is 41.4 Å². The number of hydrogen-bond acceptors (Lipinski definition) is 6. The molecule has 33 heavy (non-hydrogen) atoms. The van der Waals surface area contributed by atoms with Crippen molar-refractivity contribution in [1.82, 2.24) is 25.2 Å². The molecule has 1 fully saturated rings. The summed E-state index contributed by atoms with van der Waals surface area (Å²) in [6.07, 6.45) is 7.18. The maximum absolute atomic E-state index is 12.7. The molecule has 174 valence electrons. The van der Waals surface area contributed by atoms with Crippen LogP contribution in [0, 0.1) is 0 Å². The van der Waals surface area contributed by atoms with Gasteiger partial charge in [-0.3, -0.25) is 14.6 Å². The number of H-pyrrole nitrogens is 1. The van der Waals surface area contributed by atoms with Crippen molar-refractivity contribution in [2.24, 2.45) is 0 Å². The summed E-state index contributed by atoms with van der Waals surface area (Å²) in [4.78, 5) is 41.1. The van der Waals surface area contributed by atoms with Gasteiger partial charge in [0.15, 0.2) is 0 Å². The Labute approximate surface area is 201 Å². The van der Waals surface area contributed by atoms with E-state index in [0.29, 0.717) is 62.1 Å². The Morgan fingerprint density at radius 1 is 1.21 bits per heavy atom. The largest absolute Gasteiger partial charge is 0.366 e. The number of aromatic amines is 1. The topological polar surface area (TPSA) is 106 Å². The second-order valence-corrected chi connectivity index (χ2v) is 9.16. The molecule has 1 aliphatic rings. The first-order valence-electron chi connectivity index (χ1n) is 11.1. The number of fused-ring (bicyclic) bond motifs is 1. The minimum atomic E-state index is -0.236. The number of piperazine rings is 1. The van der Waals surface area contributed by atoms with Crippen molar-refractivity contribution in [3.05, 3.63) is 47.0 Å². The first kappa shape index (κ1) is 23.2. The lowest BCUT2D eigenvalue weighted by Gasteiger charge is -2.37. The lowest BCUT2D eigenvalue weighted by atomic mass is 10.2. The fourth-order valence-corrected chi connectivity index (χ4v) is 4.51. The van der Waals surface area contributed by atoms with Gasteiger partial charge in [0.05, 0.1) is 26.8 Å². The number of rotatable bonds is 7. The fourth-order valence-electron chi connectivity index (χ4n) is 3.96. The highest BCUT2D eigenvalue weighted by Gasteiger charge is 2.25. The molecule has 3 aromatic rings. The molecule has 3 aromatic heterocycles. The molecule has 0 aliphatic carbocycles. The van der Waals surface area contributed by atoms with Crippen LogP contribution in [-0.4, -0.2) is 70.4 Å². The van der Waals surface area contributed by atoms with Gasteiger partial charge in [0.2, 0.25) is 5.91 Å². The highest BCUT2D eigenvalue weighted by atomic mass is 79.9. The maximum atomic E-state index is 12.7. The van der Waals surface area contributed by atoms with E-state index in [0.717, 1.165) is 15.5 Å². The van der Waals surface area contributed by atoms with Gasteiger partial charge in [0.25, 0.3) is 5.91 Å². The zero-order valence-corrected chi connectivity index (χ0v) is 20.4. The number of carbonyl (C=O) groups excluding carboxylic acids is 2. The van der Waals surface area contributed by atoms with Gasteiger partial charge in [-0.25, -0.2) is 4.98 Å². The van der Waals surface area contributed by atoms with Crippen molar-refractivity contribution in [2.45, 2.75) is 26.3 Å². The highest BCUT2D eigenvalue weighted by Crippen LogP contribution is 2.38. The fraction of sp³-hybridized carbons (Fsp3) is 0.391. The van der Waals surface area contributed by atoms with E-state index >= 15 is 0 Å². The van der Waals surface area contributed by atoms with Crippen LogP contribution in [0.3, 0.4) is 0 Å². The van der Waals surface area contributed by atoms with E-state index in [1.807, 2.05) is 4.90 Å². The zero-order valence-electron chi connectivity index (χ0n) is 18.8. The van der Waals surface area contributed by atoms with Crippen molar-refractivity contribution >= 4 is 50.2 Å². The lowest BCUT2D eigenvalue weighted by Crippen LogP contribution is -2.49. The van der Waals surface area contributed by atoms with Crippen LogP contribution in [0.2, 0.25) is 0 Å². The number of nitrogens with zero attached hydrogens (tertiary/aromatic N) is 4. The molecular formula is C23H28BrN7O2. The Morgan fingerprint density at radius 2 is 2.00 bits per heavy atom. The van der Waals surface area contributed by atoms with Crippen LogP contribution in [0.25, 0.3) is 11.0 Å². The summed E-state index contributed by atoms with van der Waals surface area (Å²) in [5.41, 5.74) is 2.78. The number of amides is 2. The summed E-state index contributed by atoms with van der Waals surface area (Å²) in [5.74, 6) is -0.0619.